The summed E-state index contributed by atoms with van der Waals surface area (Å²) < 4.78 is 7.56. The van der Waals surface area contributed by atoms with E-state index < -0.39 is 0 Å². The van der Waals surface area contributed by atoms with Crippen molar-refractivity contribution in [3.63, 3.8) is 0 Å². The minimum absolute atomic E-state index is 0.177. The van der Waals surface area contributed by atoms with Crippen molar-refractivity contribution in [3.8, 4) is 5.75 Å². The molecule has 1 aromatic heterocycles. The molecule has 2 aliphatic rings. The Morgan fingerprint density at radius 1 is 1.35 bits per heavy atom. The van der Waals surface area contributed by atoms with Crippen molar-refractivity contribution in [2.24, 2.45) is 0 Å². The third-order valence-corrected chi connectivity index (χ3v) is 4.32. The van der Waals surface area contributed by atoms with Gasteiger partial charge in [-0.3, -0.25) is 4.79 Å². The van der Waals surface area contributed by atoms with Crippen LogP contribution in [-0.2, 0) is 4.79 Å². The fourth-order valence-corrected chi connectivity index (χ4v) is 3.38. The SMILES string of the molecule is CCOc1ccccc1[C@@H]1C2=C(CCCC2=O)Nc2ncnn21. The summed E-state index contributed by atoms with van der Waals surface area (Å²) in [6, 6.07) is 7.56. The Bertz CT molecular complexity index is 793. The highest BCUT2D eigenvalue weighted by Crippen LogP contribution is 2.42. The number of nitrogens with zero attached hydrogens (tertiary/aromatic N) is 3. The van der Waals surface area contributed by atoms with Crippen molar-refractivity contribution >= 4 is 11.7 Å². The lowest BCUT2D eigenvalue weighted by atomic mass is 9.85. The number of hydrogen-bond donors (Lipinski definition) is 1. The zero-order valence-corrected chi connectivity index (χ0v) is 13.0. The number of rotatable bonds is 3. The molecule has 1 atom stereocenters. The number of carbonyl (C=O) groups is 1. The standard InChI is InChI=1S/C17H18N4O2/c1-2-23-14-9-4-3-6-11(14)16-15-12(7-5-8-13(15)22)20-17-18-10-19-21(16)17/h3-4,6,9-10,16H,2,5,7-8H2,1H3,(H,18,19,20)/t16-/m1/s1. The molecule has 6 heteroatoms. The van der Waals surface area contributed by atoms with Gasteiger partial charge in [-0.25, -0.2) is 4.68 Å². The summed E-state index contributed by atoms with van der Waals surface area (Å²) >= 11 is 0. The topological polar surface area (TPSA) is 69.0 Å². The van der Waals surface area contributed by atoms with E-state index in [4.69, 9.17) is 4.74 Å². The number of carbonyl (C=O) groups excluding carboxylic acids is 1. The zero-order valence-electron chi connectivity index (χ0n) is 13.0. The van der Waals surface area contributed by atoms with E-state index in [1.54, 1.807) is 4.68 Å². The van der Waals surface area contributed by atoms with Crippen molar-refractivity contribution in [1.82, 2.24) is 14.8 Å². The van der Waals surface area contributed by atoms with Crippen LogP contribution in [0.1, 0.15) is 37.8 Å². The molecule has 4 rings (SSSR count). The first-order valence-corrected chi connectivity index (χ1v) is 7.94. The van der Waals surface area contributed by atoms with Gasteiger partial charge in [0.15, 0.2) is 5.78 Å². The molecule has 2 aromatic rings. The van der Waals surface area contributed by atoms with E-state index in [9.17, 15) is 4.79 Å². The van der Waals surface area contributed by atoms with Crippen molar-refractivity contribution in [1.29, 1.82) is 0 Å². The van der Waals surface area contributed by atoms with E-state index in [-0.39, 0.29) is 11.8 Å². The Labute approximate surface area is 134 Å². The van der Waals surface area contributed by atoms with Crippen molar-refractivity contribution in [2.45, 2.75) is 32.2 Å². The van der Waals surface area contributed by atoms with Gasteiger partial charge in [-0.1, -0.05) is 18.2 Å². The molecule has 0 unspecified atom stereocenters. The minimum Gasteiger partial charge on any atom is -0.494 e. The van der Waals surface area contributed by atoms with Gasteiger partial charge in [-0.05, 0) is 25.8 Å². The third-order valence-electron chi connectivity index (χ3n) is 4.32. The molecule has 118 valence electrons. The maximum atomic E-state index is 12.6. The van der Waals surface area contributed by atoms with Gasteiger partial charge in [-0.2, -0.15) is 10.1 Å². The fourth-order valence-electron chi connectivity index (χ4n) is 3.38. The molecule has 1 aromatic carbocycles. The summed E-state index contributed by atoms with van der Waals surface area (Å²) in [5.74, 6) is 1.64. The monoisotopic (exact) mass is 310 g/mol. The summed E-state index contributed by atoms with van der Waals surface area (Å²) in [5.41, 5.74) is 2.71. The number of ether oxygens (including phenoxy) is 1. The number of hydrogen-bond acceptors (Lipinski definition) is 5. The van der Waals surface area contributed by atoms with Crippen LogP contribution >= 0.6 is 0 Å². The molecule has 23 heavy (non-hydrogen) atoms. The number of benzene rings is 1. The molecule has 2 heterocycles. The first-order chi connectivity index (χ1) is 11.3. The molecule has 0 amide bonds. The predicted octanol–water partition coefficient (Wildman–Crippen LogP) is 2.70. The van der Waals surface area contributed by atoms with E-state index in [1.165, 1.54) is 6.33 Å². The Morgan fingerprint density at radius 2 is 2.22 bits per heavy atom. The normalized spacial score (nSPS) is 19.9. The summed E-state index contributed by atoms with van der Waals surface area (Å²) in [6.45, 7) is 2.53. The van der Waals surface area contributed by atoms with Crippen LogP contribution in [0.2, 0.25) is 0 Å². The molecule has 0 bridgehead atoms. The Kier molecular flexibility index (Phi) is 3.37. The molecule has 1 aliphatic carbocycles. The van der Waals surface area contributed by atoms with Crippen LogP contribution in [0.15, 0.2) is 41.9 Å². The van der Waals surface area contributed by atoms with Crippen LogP contribution < -0.4 is 10.1 Å². The average Bonchev–Trinajstić information content (AvgIpc) is 3.02. The fraction of sp³-hybridized carbons (Fsp3) is 0.353. The van der Waals surface area contributed by atoms with Gasteiger partial charge in [0.25, 0.3) is 0 Å². The third kappa shape index (κ3) is 2.21. The average molecular weight is 310 g/mol. The second-order valence-corrected chi connectivity index (χ2v) is 5.70. The van der Waals surface area contributed by atoms with Gasteiger partial charge in [0.05, 0.1) is 6.61 Å². The van der Waals surface area contributed by atoms with E-state index in [0.29, 0.717) is 19.0 Å². The molecule has 0 saturated heterocycles. The minimum atomic E-state index is -0.278. The predicted molar refractivity (Wildman–Crippen MR) is 85.3 cm³/mol. The van der Waals surface area contributed by atoms with Gasteiger partial charge in [0.1, 0.15) is 18.1 Å². The number of nitrogens with one attached hydrogen (secondary N) is 1. The van der Waals surface area contributed by atoms with E-state index in [0.717, 1.165) is 35.4 Å². The number of allylic oxidation sites excluding steroid dienone is 2. The molecule has 1 aliphatic heterocycles. The van der Waals surface area contributed by atoms with Crippen LogP contribution in [0, 0.1) is 0 Å². The molecule has 0 fully saturated rings. The van der Waals surface area contributed by atoms with Crippen LogP contribution in [0.4, 0.5) is 5.95 Å². The number of ketones is 1. The molecule has 0 saturated carbocycles. The molecule has 1 N–H and O–H groups in total. The maximum absolute atomic E-state index is 12.6. The van der Waals surface area contributed by atoms with E-state index in [2.05, 4.69) is 15.4 Å². The summed E-state index contributed by atoms with van der Waals surface area (Å²) in [6.07, 6.45) is 3.83. The maximum Gasteiger partial charge on any atom is 0.226 e. The van der Waals surface area contributed by atoms with Gasteiger partial charge in [0.2, 0.25) is 5.95 Å². The van der Waals surface area contributed by atoms with E-state index in [1.807, 2.05) is 31.2 Å². The Morgan fingerprint density at radius 3 is 3.09 bits per heavy atom. The summed E-state index contributed by atoms with van der Waals surface area (Å²) in [7, 11) is 0. The van der Waals surface area contributed by atoms with Crippen molar-refractivity contribution in [3.05, 3.63) is 47.4 Å². The summed E-state index contributed by atoms with van der Waals surface area (Å²) in [4.78, 5) is 16.9. The van der Waals surface area contributed by atoms with Crippen LogP contribution in [0.3, 0.4) is 0 Å². The molecular formula is C17H18N4O2. The number of fused-ring (bicyclic) bond motifs is 1. The highest BCUT2D eigenvalue weighted by molar-refractivity contribution is 5.99. The van der Waals surface area contributed by atoms with Crippen LogP contribution in [0.5, 0.6) is 5.75 Å². The largest absolute Gasteiger partial charge is 0.494 e. The van der Waals surface area contributed by atoms with E-state index >= 15 is 0 Å². The van der Waals surface area contributed by atoms with Gasteiger partial charge in [-0.15, -0.1) is 0 Å². The van der Waals surface area contributed by atoms with Crippen LogP contribution in [0.25, 0.3) is 0 Å². The number of aromatic nitrogens is 3. The highest BCUT2D eigenvalue weighted by Gasteiger charge is 2.37. The molecule has 6 nitrogen and oxygen atoms in total. The Balaban J connectivity index is 1.91. The first kappa shape index (κ1) is 14.0. The van der Waals surface area contributed by atoms with Gasteiger partial charge < -0.3 is 10.1 Å². The molecular weight excluding hydrogens is 292 g/mol. The Hall–Kier alpha value is -2.63. The lowest BCUT2D eigenvalue weighted by Gasteiger charge is -2.32. The van der Waals surface area contributed by atoms with Crippen molar-refractivity contribution < 1.29 is 9.53 Å². The highest BCUT2D eigenvalue weighted by atomic mass is 16.5. The number of anilines is 1. The number of Topliss-reactive ketones (excluding diaryl/α,β-unsaturated/α-hetero) is 1. The second-order valence-electron chi connectivity index (χ2n) is 5.70. The summed E-state index contributed by atoms with van der Waals surface area (Å²) in [5, 5.41) is 7.61. The molecule has 0 spiro atoms. The molecule has 0 radical (unpaired) electrons. The van der Waals surface area contributed by atoms with Gasteiger partial charge >= 0.3 is 0 Å². The number of para-hydroxylation sites is 1. The zero-order chi connectivity index (χ0) is 15.8. The van der Waals surface area contributed by atoms with Crippen molar-refractivity contribution in [2.75, 3.05) is 11.9 Å². The lowest BCUT2D eigenvalue weighted by molar-refractivity contribution is -0.116. The smallest absolute Gasteiger partial charge is 0.226 e. The quantitative estimate of drug-likeness (QED) is 0.944. The van der Waals surface area contributed by atoms with Gasteiger partial charge in [0, 0.05) is 23.3 Å². The second kappa shape index (κ2) is 5.53. The van der Waals surface area contributed by atoms with Crippen LogP contribution in [-0.4, -0.2) is 27.2 Å². The first-order valence-electron chi connectivity index (χ1n) is 7.94. The lowest BCUT2D eigenvalue weighted by Crippen LogP contribution is -2.31.